The van der Waals surface area contributed by atoms with Crippen LogP contribution in [0.25, 0.3) is 10.8 Å². The van der Waals surface area contributed by atoms with Gasteiger partial charge in [-0.3, -0.25) is 0 Å². The van der Waals surface area contributed by atoms with Crippen LogP contribution < -0.4 is 0 Å². The van der Waals surface area contributed by atoms with Crippen molar-refractivity contribution in [3.05, 3.63) is 53.6 Å². The van der Waals surface area contributed by atoms with E-state index in [1.807, 2.05) is 30.3 Å². The summed E-state index contributed by atoms with van der Waals surface area (Å²) < 4.78 is 4.94. The van der Waals surface area contributed by atoms with Crippen molar-refractivity contribution in [3.63, 3.8) is 0 Å². The quantitative estimate of drug-likeness (QED) is 0.682. The van der Waals surface area contributed by atoms with Gasteiger partial charge in [-0.25, -0.2) is 4.79 Å². The fourth-order valence-corrected chi connectivity index (χ4v) is 2.12. The van der Waals surface area contributed by atoms with E-state index in [1.54, 1.807) is 26.0 Å². The maximum atomic E-state index is 11.6. The number of carbonyl (C=O) groups is 1. The zero-order valence-electron chi connectivity index (χ0n) is 11.7. The minimum atomic E-state index is -0.313. The van der Waals surface area contributed by atoms with Crippen LogP contribution in [0.5, 0.6) is 5.75 Å². The molecule has 0 saturated heterocycles. The molecule has 0 aliphatic heterocycles. The van der Waals surface area contributed by atoms with Crippen LogP contribution in [0.1, 0.15) is 19.4 Å². The predicted molar refractivity (Wildman–Crippen MR) is 79.7 cm³/mol. The molecular formula is C17H18O3. The van der Waals surface area contributed by atoms with E-state index in [4.69, 9.17) is 4.74 Å². The van der Waals surface area contributed by atoms with Gasteiger partial charge in [0.25, 0.3) is 0 Å². The van der Waals surface area contributed by atoms with E-state index >= 15 is 0 Å². The number of hydrogen-bond acceptors (Lipinski definition) is 3. The first-order valence-electron chi connectivity index (χ1n) is 6.67. The molecule has 20 heavy (non-hydrogen) atoms. The number of esters is 1. The van der Waals surface area contributed by atoms with Gasteiger partial charge in [-0.1, -0.05) is 36.4 Å². The maximum absolute atomic E-state index is 11.6. The highest BCUT2D eigenvalue weighted by atomic mass is 16.5. The van der Waals surface area contributed by atoms with Crippen LogP contribution >= 0.6 is 0 Å². The third-order valence-electron chi connectivity index (χ3n) is 3.23. The van der Waals surface area contributed by atoms with Gasteiger partial charge in [-0.15, -0.1) is 0 Å². The molecule has 2 rings (SSSR count). The molecular weight excluding hydrogens is 252 g/mol. The van der Waals surface area contributed by atoms with Crippen LogP contribution in [0.4, 0.5) is 0 Å². The molecule has 2 aromatic carbocycles. The minimum absolute atomic E-state index is 0.247. The lowest BCUT2D eigenvalue weighted by atomic mass is 10.00. The maximum Gasteiger partial charge on any atom is 0.333 e. The van der Waals surface area contributed by atoms with E-state index in [9.17, 15) is 9.90 Å². The topological polar surface area (TPSA) is 46.5 Å². The van der Waals surface area contributed by atoms with Crippen molar-refractivity contribution in [2.45, 2.75) is 20.3 Å². The van der Waals surface area contributed by atoms with E-state index in [-0.39, 0.29) is 11.7 Å². The van der Waals surface area contributed by atoms with Gasteiger partial charge in [0, 0.05) is 11.1 Å². The summed E-state index contributed by atoms with van der Waals surface area (Å²) in [6.45, 7) is 3.87. The Hall–Kier alpha value is -2.29. The summed E-state index contributed by atoms with van der Waals surface area (Å²) in [5.74, 6) is -0.0659. The highest BCUT2D eigenvalue weighted by molar-refractivity contribution is 5.89. The molecule has 0 bridgehead atoms. The van der Waals surface area contributed by atoms with Gasteiger partial charge < -0.3 is 9.84 Å². The Labute approximate surface area is 118 Å². The summed E-state index contributed by atoms with van der Waals surface area (Å²) in [4.78, 5) is 11.6. The highest BCUT2D eigenvalue weighted by Crippen LogP contribution is 2.27. The predicted octanol–water partition coefficient (Wildman–Crippen LogP) is 3.60. The molecule has 0 radical (unpaired) electrons. The summed E-state index contributed by atoms with van der Waals surface area (Å²) in [7, 11) is 0. The van der Waals surface area contributed by atoms with Crippen LogP contribution in [0, 0.1) is 0 Å². The molecule has 0 aliphatic carbocycles. The molecule has 3 heteroatoms. The number of phenols is 1. The average molecular weight is 270 g/mol. The number of benzene rings is 2. The lowest BCUT2D eigenvalue weighted by Crippen LogP contribution is -2.05. The molecule has 2 aromatic rings. The first-order chi connectivity index (χ1) is 9.63. The second-order valence-corrected chi connectivity index (χ2v) is 4.60. The summed E-state index contributed by atoms with van der Waals surface area (Å²) in [6, 6.07) is 11.4. The van der Waals surface area contributed by atoms with Crippen molar-refractivity contribution >= 4 is 16.7 Å². The number of ether oxygens (including phenoxy) is 1. The average Bonchev–Trinajstić information content (AvgIpc) is 2.46. The smallest absolute Gasteiger partial charge is 0.333 e. The van der Waals surface area contributed by atoms with Crippen LogP contribution in [-0.4, -0.2) is 17.7 Å². The van der Waals surface area contributed by atoms with Gasteiger partial charge in [-0.2, -0.15) is 0 Å². The first kappa shape index (κ1) is 14.1. The molecule has 0 spiro atoms. The lowest BCUT2D eigenvalue weighted by molar-refractivity contribution is -0.138. The molecule has 0 saturated carbocycles. The van der Waals surface area contributed by atoms with Gasteiger partial charge in [-0.05, 0) is 37.1 Å². The summed E-state index contributed by atoms with van der Waals surface area (Å²) in [5.41, 5.74) is 1.38. The first-order valence-corrected chi connectivity index (χ1v) is 6.67. The molecule has 104 valence electrons. The van der Waals surface area contributed by atoms with Crippen molar-refractivity contribution in [3.8, 4) is 5.75 Å². The van der Waals surface area contributed by atoms with Crippen molar-refractivity contribution in [1.29, 1.82) is 0 Å². The lowest BCUT2D eigenvalue weighted by Gasteiger charge is -2.08. The third-order valence-corrected chi connectivity index (χ3v) is 3.23. The number of hydrogen-bond donors (Lipinski definition) is 1. The Bertz CT molecular complexity index is 656. The van der Waals surface area contributed by atoms with E-state index in [2.05, 4.69) is 0 Å². The van der Waals surface area contributed by atoms with Crippen LogP contribution in [0.3, 0.4) is 0 Å². The molecule has 0 unspecified atom stereocenters. The van der Waals surface area contributed by atoms with Crippen molar-refractivity contribution in [1.82, 2.24) is 0 Å². The Morgan fingerprint density at radius 1 is 1.25 bits per heavy atom. The Morgan fingerprint density at radius 2 is 2.00 bits per heavy atom. The van der Waals surface area contributed by atoms with E-state index < -0.39 is 0 Å². The third kappa shape index (κ3) is 2.99. The largest absolute Gasteiger partial charge is 0.508 e. The number of carbonyl (C=O) groups excluding carboxylic acids is 1. The molecule has 0 fully saturated rings. The van der Waals surface area contributed by atoms with Gasteiger partial charge in [0.05, 0.1) is 6.61 Å². The zero-order valence-corrected chi connectivity index (χ0v) is 11.7. The molecule has 0 amide bonds. The fraction of sp³-hybridized carbons (Fsp3) is 0.235. The SMILES string of the molecule is CCOC(=O)/C(C)=C/Cc1c(O)ccc2ccccc12. The Kier molecular flexibility index (Phi) is 4.41. The Balaban J connectivity index is 2.32. The highest BCUT2D eigenvalue weighted by Gasteiger charge is 2.08. The van der Waals surface area contributed by atoms with E-state index in [1.165, 1.54) is 0 Å². The normalized spacial score (nSPS) is 11.6. The standard InChI is InChI=1S/C17H18O3/c1-3-20-17(19)12(2)8-10-15-14-7-5-4-6-13(14)9-11-16(15)18/h4-9,11,18H,3,10H2,1-2H3/b12-8+. The Morgan fingerprint density at radius 3 is 2.75 bits per heavy atom. The summed E-state index contributed by atoms with van der Waals surface area (Å²) in [6.07, 6.45) is 2.29. The fourth-order valence-electron chi connectivity index (χ4n) is 2.12. The van der Waals surface area contributed by atoms with Gasteiger partial charge in [0.1, 0.15) is 5.75 Å². The van der Waals surface area contributed by atoms with Gasteiger partial charge >= 0.3 is 5.97 Å². The second-order valence-electron chi connectivity index (χ2n) is 4.60. The van der Waals surface area contributed by atoms with E-state index in [0.717, 1.165) is 16.3 Å². The zero-order chi connectivity index (χ0) is 14.5. The van der Waals surface area contributed by atoms with Crippen molar-refractivity contribution in [2.75, 3.05) is 6.61 Å². The molecule has 0 heterocycles. The van der Waals surface area contributed by atoms with Crippen LogP contribution in [0.15, 0.2) is 48.0 Å². The summed E-state index contributed by atoms with van der Waals surface area (Å²) >= 11 is 0. The second kappa shape index (κ2) is 6.24. The van der Waals surface area contributed by atoms with E-state index in [0.29, 0.717) is 18.6 Å². The monoisotopic (exact) mass is 270 g/mol. The van der Waals surface area contributed by atoms with Crippen molar-refractivity contribution in [2.24, 2.45) is 0 Å². The number of aromatic hydroxyl groups is 1. The van der Waals surface area contributed by atoms with Crippen LogP contribution in [-0.2, 0) is 16.0 Å². The molecule has 0 aromatic heterocycles. The van der Waals surface area contributed by atoms with Gasteiger partial charge in [0.2, 0.25) is 0 Å². The molecule has 0 atom stereocenters. The molecule has 3 nitrogen and oxygen atoms in total. The summed E-state index contributed by atoms with van der Waals surface area (Å²) in [5, 5.41) is 12.1. The van der Waals surface area contributed by atoms with Crippen molar-refractivity contribution < 1.29 is 14.6 Å². The number of phenolic OH excluding ortho intramolecular Hbond substituents is 1. The number of fused-ring (bicyclic) bond motifs is 1. The number of allylic oxidation sites excluding steroid dienone is 1. The number of rotatable bonds is 4. The minimum Gasteiger partial charge on any atom is -0.508 e. The molecule has 0 aliphatic rings. The van der Waals surface area contributed by atoms with Crippen LogP contribution in [0.2, 0.25) is 0 Å². The molecule has 1 N–H and O–H groups in total. The van der Waals surface area contributed by atoms with Gasteiger partial charge in [0.15, 0.2) is 0 Å².